The number of hydrogen-bond acceptors (Lipinski definition) is 6. The van der Waals surface area contributed by atoms with Gasteiger partial charge < -0.3 is 20.6 Å². The second kappa shape index (κ2) is 8.93. The summed E-state index contributed by atoms with van der Waals surface area (Å²) in [4.78, 5) is 27.9. The highest BCUT2D eigenvalue weighted by atomic mass is 32.1. The van der Waals surface area contributed by atoms with Crippen LogP contribution in [0.2, 0.25) is 0 Å². The zero-order valence-electron chi connectivity index (χ0n) is 13.6. The molecule has 8 heteroatoms. The number of carbonyl (C=O) groups excluding carboxylic acids is 2. The predicted molar refractivity (Wildman–Crippen MR) is 96.1 cm³/mol. The van der Waals surface area contributed by atoms with Crippen molar-refractivity contribution in [3.63, 3.8) is 0 Å². The third-order valence-electron chi connectivity index (χ3n) is 3.24. The third kappa shape index (κ3) is 5.41. The molecule has 2 heterocycles. The number of amides is 2. The maximum Gasteiger partial charge on any atom is 0.309 e. The lowest BCUT2D eigenvalue weighted by Crippen LogP contribution is -2.41. The van der Waals surface area contributed by atoms with Crippen LogP contribution in [0.3, 0.4) is 0 Å². The van der Waals surface area contributed by atoms with Crippen LogP contribution >= 0.6 is 22.7 Å². The van der Waals surface area contributed by atoms with E-state index in [0.29, 0.717) is 13.1 Å². The lowest BCUT2D eigenvalue weighted by Gasteiger charge is -2.10. The van der Waals surface area contributed by atoms with E-state index < -0.39 is 17.9 Å². The van der Waals surface area contributed by atoms with E-state index in [1.807, 2.05) is 48.6 Å². The highest BCUT2D eigenvalue weighted by Gasteiger charge is 2.16. The summed E-state index contributed by atoms with van der Waals surface area (Å²) in [6, 6.07) is 7.47. The lowest BCUT2D eigenvalue weighted by atomic mass is 10.2. The minimum atomic E-state index is -0.650. The molecule has 1 unspecified atom stereocenters. The lowest BCUT2D eigenvalue weighted by molar-refractivity contribution is -0.139. The molecule has 0 aliphatic rings. The number of likely N-dealkylation sites (N-methyl/N-ethyl adjacent to an activating group) is 1. The first kappa shape index (κ1) is 18.6. The van der Waals surface area contributed by atoms with Gasteiger partial charge in [-0.05, 0) is 37.7 Å². The Morgan fingerprint density at radius 2 is 1.92 bits per heavy atom. The maximum atomic E-state index is 11.7. The minimum Gasteiger partial charge on any atom is -0.382 e. The molecule has 0 fully saturated rings. The summed E-state index contributed by atoms with van der Waals surface area (Å²) in [5.41, 5.74) is 0. The smallest absolute Gasteiger partial charge is 0.309 e. The number of nitrogens with one attached hydrogen (secondary N) is 2. The van der Waals surface area contributed by atoms with Gasteiger partial charge in [-0.25, -0.2) is 0 Å². The summed E-state index contributed by atoms with van der Waals surface area (Å²) < 4.78 is 0. The molecule has 24 heavy (non-hydrogen) atoms. The Labute approximate surface area is 149 Å². The van der Waals surface area contributed by atoms with Crippen molar-refractivity contribution in [2.24, 2.45) is 0 Å². The van der Waals surface area contributed by atoms with Gasteiger partial charge in [0.05, 0.1) is 6.54 Å². The second-order valence-corrected chi connectivity index (χ2v) is 7.64. The van der Waals surface area contributed by atoms with Crippen LogP contribution in [0.15, 0.2) is 29.6 Å². The Morgan fingerprint density at radius 1 is 1.17 bits per heavy atom. The van der Waals surface area contributed by atoms with E-state index in [1.165, 1.54) is 22.7 Å². The average molecular weight is 367 g/mol. The fourth-order valence-corrected chi connectivity index (χ4v) is 3.70. The van der Waals surface area contributed by atoms with Crippen molar-refractivity contribution in [3.05, 3.63) is 44.3 Å². The molecule has 0 spiro atoms. The van der Waals surface area contributed by atoms with Crippen LogP contribution in [0.1, 0.15) is 20.7 Å². The van der Waals surface area contributed by atoms with Crippen molar-refractivity contribution in [1.29, 1.82) is 0 Å². The normalized spacial score (nSPS) is 12.2. The Hall–Kier alpha value is -1.74. The number of nitrogens with zero attached hydrogens (tertiary/aromatic N) is 1. The van der Waals surface area contributed by atoms with E-state index in [4.69, 9.17) is 0 Å². The predicted octanol–water partition coefficient (Wildman–Crippen LogP) is 1.19. The molecule has 0 aliphatic heterocycles. The van der Waals surface area contributed by atoms with E-state index in [9.17, 15) is 14.7 Å². The Morgan fingerprint density at radius 3 is 2.58 bits per heavy atom. The molecule has 2 aromatic heterocycles. The molecule has 2 aromatic rings. The summed E-state index contributed by atoms with van der Waals surface area (Å²) in [5.74, 6) is -1.28. The monoisotopic (exact) mass is 367 g/mol. The molecule has 6 nitrogen and oxygen atoms in total. The molecule has 0 bridgehead atoms. The summed E-state index contributed by atoms with van der Waals surface area (Å²) >= 11 is 2.92. The molecule has 0 saturated heterocycles. The van der Waals surface area contributed by atoms with Crippen LogP contribution in [-0.2, 0) is 16.1 Å². The first-order chi connectivity index (χ1) is 11.5. The van der Waals surface area contributed by atoms with Crippen LogP contribution < -0.4 is 10.6 Å². The van der Waals surface area contributed by atoms with Crippen LogP contribution in [-0.4, -0.2) is 49.0 Å². The fraction of sp³-hybridized carbons (Fsp3) is 0.375. The average Bonchev–Trinajstić information content (AvgIpc) is 3.23. The Bertz CT molecular complexity index is 668. The number of aliphatic hydroxyl groups is 1. The number of rotatable bonds is 7. The standard InChI is InChI=1S/C16H21N3O3S2/c1-19(2)8-7-17-15(21)16(22)18-10-11-5-6-13(24-11)14(20)12-4-3-9-23-12/h3-6,9,14,20H,7-8,10H2,1-2H3,(H,17,21)(H,18,22). The molecule has 0 aromatic carbocycles. The van der Waals surface area contributed by atoms with Crippen LogP contribution in [0.4, 0.5) is 0 Å². The van der Waals surface area contributed by atoms with Gasteiger partial charge in [0.2, 0.25) is 0 Å². The molecule has 2 rings (SSSR count). The molecule has 0 radical (unpaired) electrons. The molecule has 3 N–H and O–H groups in total. The number of hydrogen-bond donors (Lipinski definition) is 3. The topological polar surface area (TPSA) is 81.7 Å². The van der Waals surface area contributed by atoms with Crippen LogP contribution in [0, 0.1) is 0 Å². The van der Waals surface area contributed by atoms with Gasteiger partial charge in [-0.15, -0.1) is 22.7 Å². The molecule has 0 aliphatic carbocycles. The van der Waals surface area contributed by atoms with Gasteiger partial charge in [0.25, 0.3) is 0 Å². The van der Waals surface area contributed by atoms with Gasteiger partial charge in [-0.1, -0.05) is 6.07 Å². The molecule has 2 amide bonds. The number of carbonyl (C=O) groups is 2. The van der Waals surface area contributed by atoms with Crippen LogP contribution in [0.25, 0.3) is 0 Å². The van der Waals surface area contributed by atoms with Gasteiger partial charge in [0, 0.05) is 27.7 Å². The van der Waals surface area contributed by atoms with E-state index in [2.05, 4.69) is 10.6 Å². The first-order valence-electron chi connectivity index (χ1n) is 7.48. The largest absolute Gasteiger partial charge is 0.382 e. The number of thiophene rings is 2. The van der Waals surface area contributed by atoms with Gasteiger partial charge in [-0.2, -0.15) is 0 Å². The van der Waals surface area contributed by atoms with E-state index in [-0.39, 0.29) is 6.54 Å². The molecular weight excluding hydrogens is 346 g/mol. The Balaban J connectivity index is 1.80. The Kier molecular flexibility index (Phi) is 6.92. The van der Waals surface area contributed by atoms with Gasteiger partial charge in [0.1, 0.15) is 6.10 Å². The summed E-state index contributed by atoms with van der Waals surface area (Å²) in [5, 5.41) is 17.3. The van der Waals surface area contributed by atoms with E-state index in [0.717, 1.165) is 14.6 Å². The molecular formula is C16H21N3O3S2. The molecule has 1 atom stereocenters. The minimum absolute atomic E-state index is 0.266. The van der Waals surface area contributed by atoms with Crippen molar-refractivity contribution in [3.8, 4) is 0 Å². The SMILES string of the molecule is CN(C)CCNC(=O)C(=O)NCc1ccc(C(O)c2cccs2)s1. The molecule has 130 valence electrons. The maximum absolute atomic E-state index is 11.7. The van der Waals surface area contributed by atoms with Crippen molar-refractivity contribution in [1.82, 2.24) is 15.5 Å². The zero-order valence-corrected chi connectivity index (χ0v) is 15.2. The summed E-state index contributed by atoms with van der Waals surface area (Å²) in [7, 11) is 3.79. The highest BCUT2D eigenvalue weighted by Crippen LogP contribution is 2.30. The summed E-state index contributed by atoms with van der Waals surface area (Å²) in [6.45, 7) is 1.37. The van der Waals surface area contributed by atoms with E-state index in [1.54, 1.807) is 0 Å². The zero-order chi connectivity index (χ0) is 17.5. The van der Waals surface area contributed by atoms with Crippen molar-refractivity contribution >= 4 is 34.5 Å². The first-order valence-corrected chi connectivity index (χ1v) is 9.18. The quantitative estimate of drug-likeness (QED) is 0.642. The van der Waals surface area contributed by atoms with Gasteiger partial charge >= 0.3 is 11.8 Å². The van der Waals surface area contributed by atoms with Gasteiger partial charge in [0.15, 0.2) is 0 Å². The van der Waals surface area contributed by atoms with Crippen molar-refractivity contribution < 1.29 is 14.7 Å². The van der Waals surface area contributed by atoms with E-state index >= 15 is 0 Å². The third-order valence-corrected chi connectivity index (χ3v) is 5.30. The van der Waals surface area contributed by atoms with Crippen molar-refractivity contribution in [2.75, 3.05) is 27.2 Å². The number of aliphatic hydroxyl groups excluding tert-OH is 1. The second-order valence-electron chi connectivity index (χ2n) is 5.46. The van der Waals surface area contributed by atoms with Gasteiger partial charge in [-0.3, -0.25) is 9.59 Å². The fourth-order valence-electron chi connectivity index (χ4n) is 1.94. The van der Waals surface area contributed by atoms with Crippen molar-refractivity contribution in [2.45, 2.75) is 12.6 Å². The molecule has 0 saturated carbocycles. The summed E-state index contributed by atoms with van der Waals surface area (Å²) in [6.07, 6.45) is -0.645. The van der Waals surface area contributed by atoms with Crippen LogP contribution in [0.5, 0.6) is 0 Å². The highest BCUT2D eigenvalue weighted by molar-refractivity contribution is 7.12.